The molecule has 0 saturated heterocycles. The Kier molecular flexibility index (Phi) is 6.48. The van der Waals surface area contributed by atoms with E-state index in [2.05, 4.69) is 20.9 Å². The van der Waals surface area contributed by atoms with Crippen LogP contribution in [0.25, 0.3) is 0 Å². The zero-order valence-electron chi connectivity index (χ0n) is 10.4. The van der Waals surface area contributed by atoms with Crippen LogP contribution in [0.4, 0.5) is 4.79 Å². The van der Waals surface area contributed by atoms with Crippen molar-refractivity contribution in [3.05, 3.63) is 0 Å². The summed E-state index contributed by atoms with van der Waals surface area (Å²) in [7, 11) is 1.21. The molecule has 0 aromatic carbocycles. The minimum atomic E-state index is -0.917. The van der Waals surface area contributed by atoms with E-state index in [1.807, 2.05) is 0 Å². The number of carbonyl (C=O) groups is 2. The number of aliphatic hydroxyl groups is 1. The number of halogens is 1. The third kappa shape index (κ3) is 5.88. The maximum absolute atomic E-state index is 11.7. The van der Waals surface area contributed by atoms with E-state index < -0.39 is 23.7 Å². The molecule has 7 heteroatoms. The van der Waals surface area contributed by atoms with Crippen molar-refractivity contribution in [3.8, 4) is 0 Å². The molecule has 0 spiro atoms. The lowest BCUT2D eigenvalue weighted by molar-refractivity contribution is -0.145. The smallest absolute Gasteiger partial charge is 0.421 e. The van der Waals surface area contributed by atoms with Crippen molar-refractivity contribution in [3.63, 3.8) is 0 Å². The van der Waals surface area contributed by atoms with Crippen LogP contribution in [0.5, 0.6) is 0 Å². The van der Waals surface area contributed by atoms with Gasteiger partial charge in [0, 0.05) is 13.0 Å². The first-order chi connectivity index (χ1) is 7.72. The Balaban J connectivity index is 4.66. The number of methoxy groups -OCH3 is 1. The van der Waals surface area contributed by atoms with E-state index in [9.17, 15) is 9.59 Å². The van der Waals surface area contributed by atoms with Gasteiger partial charge in [-0.1, -0.05) is 0 Å². The molecular formula is C10H18BrNO5. The predicted molar refractivity (Wildman–Crippen MR) is 64.5 cm³/mol. The number of hydrogen-bond donors (Lipinski definition) is 1. The third-order valence-electron chi connectivity index (χ3n) is 1.72. The SMILES string of the molecule is COC(=O)[C@H](CCO)N(Br)C(=O)OC(C)(C)C. The molecular weight excluding hydrogens is 294 g/mol. The molecule has 17 heavy (non-hydrogen) atoms. The van der Waals surface area contributed by atoms with Gasteiger partial charge in [0.05, 0.1) is 23.3 Å². The Hall–Kier alpha value is -0.820. The predicted octanol–water partition coefficient (Wildman–Crippen LogP) is 1.46. The zero-order chi connectivity index (χ0) is 13.6. The van der Waals surface area contributed by atoms with Crippen molar-refractivity contribution in [2.45, 2.75) is 38.8 Å². The average molecular weight is 312 g/mol. The summed E-state index contributed by atoms with van der Waals surface area (Å²) < 4.78 is 10.6. The van der Waals surface area contributed by atoms with Crippen molar-refractivity contribution >= 4 is 28.2 Å². The Morgan fingerprint density at radius 1 is 1.41 bits per heavy atom. The van der Waals surface area contributed by atoms with Crippen LogP contribution < -0.4 is 0 Å². The van der Waals surface area contributed by atoms with Gasteiger partial charge in [0.1, 0.15) is 11.6 Å². The summed E-state index contributed by atoms with van der Waals surface area (Å²) in [4.78, 5) is 23.1. The van der Waals surface area contributed by atoms with Crippen LogP contribution in [0.3, 0.4) is 0 Å². The average Bonchev–Trinajstić information content (AvgIpc) is 2.21. The van der Waals surface area contributed by atoms with Crippen molar-refractivity contribution in [2.75, 3.05) is 13.7 Å². The fourth-order valence-corrected chi connectivity index (χ4v) is 1.46. The zero-order valence-corrected chi connectivity index (χ0v) is 12.0. The lowest BCUT2D eigenvalue weighted by Gasteiger charge is -2.27. The molecule has 0 aliphatic carbocycles. The largest absolute Gasteiger partial charge is 0.467 e. The van der Waals surface area contributed by atoms with Crippen molar-refractivity contribution < 1.29 is 24.2 Å². The molecule has 0 bridgehead atoms. The minimum absolute atomic E-state index is 0.0666. The van der Waals surface area contributed by atoms with Gasteiger partial charge in [-0.15, -0.1) is 0 Å². The van der Waals surface area contributed by atoms with E-state index in [-0.39, 0.29) is 13.0 Å². The van der Waals surface area contributed by atoms with Gasteiger partial charge in [0.15, 0.2) is 0 Å². The number of rotatable bonds is 4. The highest BCUT2D eigenvalue weighted by Crippen LogP contribution is 2.17. The summed E-state index contributed by atoms with van der Waals surface area (Å²) in [6.07, 6.45) is -0.640. The molecule has 0 rings (SSSR count). The molecule has 0 saturated carbocycles. The van der Waals surface area contributed by atoms with Crippen LogP contribution in [-0.2, 0) is 14.3 Å². The van der Waals surface area contributed by atoms with Crippen molar-refractivity contribution in [1.82, 2.24) is 3.93 Å². The van der Waals surface area contributed by atoms with Crippen molar-refractivity contribution in [1.29, 1.82) is 0 Å². The van der Waals surface area contributed by atoms with Gasteiger partial charge in [-0.3, -0.25) is 0 Å². The molecule has 6 nitrogen and oxygen atoms in total. The van der Waals surface area contributed by atoms with E-state index in [0.29, 0.717) is 0 Å². The number of aliphatic hydroxyl groups excluding tert-OH is 1. The lowest BCUT2D eigenvalue weighted by atomic mass is 10.2. The number of ether oxygens (including phenoxy) is 2. The molecule has 1 amide bonds. The number of hydrogen-bond acceptors (Lipinski definition) is 5. The van der Waals surface area contributed by atoms with Crippen LogP contribution in [0, 0.1) is 0 Å². The van der Waals surface area contributed by atoms with Gasteiger partial charge in [0.2, 0.25) is 0 Å². The molecule has 0 aliphatic rings. The van der Waals surface area contributed by atoms with Crippen LogP contribution in [0.1, 0.15) is 27.2 Å². The topological polar surface area (TPSA) is 76.1 Å². The third-order valence-corrected chi connectivity index (χ3v) is 2.50. The standard InChI is InChI=1S/C10H18BrNO5/c1-10(2,3)17-9(15)12(11)7(5-6-13)8(14)16-4/h7,13H,5-6H2,1-4H3/t7-/m0/s1. The summed E-state index contributed by atoms with van der Waals surface area (Å²) in [5.74, 6) is -0.623. The molecule has 0 heterocycles. The van der Waals surface area contributed by atoms with E-state index in [4.69, 9.17) is 9.84 Å². The Morgan fingerprint density at radius 2 is 1.94 bits per heavy atom. The van der Waals surface area contributed by atoms with Crippen LogP contribution in [0.15, 0.2) is 0 Å². The highest BCUT2D eigenvalue weighted by molar-refractivity contribution is 9.07. The molecule has 1 N–H and O–H groups in total. The molecule has 0 aromatic rings. The van der Waals surface area contributed by atoms with Crippen LogP contribution in [0.2, 0.25) is 0 Å². The van der Waals surface area contributed by atoms with Gasteiger partial charge in [0.25, 0.3) is 0 Å². The Morgan fingerprint density at radius 3 is 2.29 bits per heavy atom. The Labute approximate surface area is 109 Å². The molecule has 0 unspecified atom stereocenters. The van der Waals surface area contributed by atoms with Gasteiger partial charge in [-0.05, 0) is 20.8 Å². The van der Waals surface area contributed by atoms with Gasteiger partial charge < -0.3 is 14.6 Å². The van der Waals surface area contributed by atoms with E-state index in [0.717, 1.165) is 3.93 Å². The quantitative estimate of drug-likeness (QED) is 0.628. The van der Waals surface area contributed by atoms with Crippen molar-refractivity contribution in [2.24, 2.45) is 0 Å². The lowest BCUT2D eigenvalue weighted by Crippen LogP contribution is -2.42. The fraction of sp³-hybridized carbons (Fsp3) is 0.800. The summed E-state index contributed by atoms with van der Waals surface area (Å²) in [5, 5.41) is 8.84. The summed E-state index contributed by atoms with van der Waals surface area (Å²) in [5.41, 5.74) is -0.664. The number of carbonyl (C=O) groups excluding carboxylic acids is 2. The molecule has 100 valence electrons. The summed E-state index contributed by atoms with van der Waals surface area (Å²) in [6, 6.07) is -0.917. The first-order valence-corrected chi connectivity index (χ1v) is 5.80. The van der Waals surface area contributed by atoms with E-state index in [1.54, 1.807) is 20.8 Å². The van der Waals surface area contributed by atoms with Gasteiger partial charge in [-0.2, -0.15) is 0 Å². The maximum Gasteiger partial charge on any atom is 0.421 e. The highest BCUT2D eigenvalue weighted by Gasteiger charge is 2.32. The van der Waals surface area contributed by atoms with Gasteiger partial charge >= 0.3 is 12.1 Å². The highest BCUT2D eigenvalue weighted by atomic mass is 79.9. The second-order valence-electron chi connectivity index (χ2n) is 4.34. The molecule has 0 radical (unpaired) electrons. The normalized spacial score (nSPS) is 12.8. The maximum atomic E-state index is 11.7. The summed E-state index contributed by atoms with van der Waals surface area (Å²) in [6.45, 7) is 4.89. The van der Waals surface area contributed by atoms with Crippen LogP contribution >= 0.6 is 16.1 Å². The van der Waals surface area contributed by atoms with Gasteiger partial charge in [-0.25, -0.2) is 13.5 Å². The first kappa shape index (κ1) is 16.2. The molecule has 0 aromatic heterocycles. The second kappa shape index (κ2) is 6.80. The summed E-state index contributed by atoms with van der Waals surface area (Å²) >= 11 is 2.95. The molecule has 1 atom stereocenters. The second-order valence-corrected chi connectivity index (χ2v) is 5.11. The number of nitrogens with zero attached hydrogens (tertiary/aromatic N) is 1. The number of esters is 1. The number of amides is 1. The van der Waals surface area contributed by atoms with E-state index >= 15 is 0 Å². The molecule has 0 fully saturated rings. The van der Waals surface area contributed by atoms with Crippen LogP contribution in [-0.4, -0.2) is 46.5 Å². The van der Waals surface area contributed by atoms with E-state index in [1.165, 1.54) is 7.11 Å². The first-order valence-electron chi connectivity index (χ1n) is 5.09. The Bertz CT molecular complexity index is 276. The molecule has 0 aliphatic heterocycles. The minimum Gasteiger partial charge on any atom is -0.467 e. The fourth-order valence-electron chi connectivity index (χ4n) is 1.01. The monoisotopic (exact) mass is 311 g/mol.